The third-order valence-corrected chi connectivity index (χ3v) is 7.46. The number of hydrazine groups is 1. The number of nitrogens with one attached hydrogen (secondary N) is 1. The smallest absolute Gasteiger partial charge is 0.157 e. The number of thiazole rings is 1. The Morgan fingerprint density at radius 3 is 2.39 bits per heavy atom. The number of aromatic nitrogens is 1. The topological polar surface area (TPSA) is 77.3 Å². The van der Waals surface area contributed by atoms with Crippen LogP contribution >= 0.6 is 11.3 Å². The van der Waals surface area contributed by atoms with E-state index in [9.17, 15) is 10.1 Å². The van der Waals surface area contributed by atoms with E-state index in [2.05, 4.69) is 61.5 Å². The van der Waals surface area contributed by atoms with Crippen molar-refractivity contribution in [1.82, 2.24) is 10.4 Å². The van der Waals surface area contributed by atoms with E-state index < -0.39 is 5.03 Å². The Morgan fingerprint density at radius 1 is 1.18 bits per heavy atom. The van der Waals surface area contributed by atoms with E-state index in [4.69, 9.17) is 4.74 Å². The molecule has 0 radical (unpaired) electrons. The van der Waals surface area contributed by atoms with Gasteiger partial charge in [-0.25, -0.2) is 15.1 Å². The molecule has 7 heteroatoms. The molecule has 1 aromatic carbocycles. The van der Waals surface area contributed by atoms with Gasteiger partial charge in [0.1, 0.15) is 0 Å². The molecule has 1 saturated carbocycles. The first-order valence-corrected chi connectivity index (χ1v) is 13.2. The predicted octanol–water partition coefficient (Wildman–Crippen LogP) is 6.86. The molecule has 1 aromatic heterocycles. The van der Waals surface area contributed by atoms with Crippen LogP contribution in [0.25, 0.3) is 0 Å². The van der Waals surface area contributed by atoms with Crippen molar-refractivity contribution < 1.29 is 9.77 Å². The lowest BCUT2D eigenvalue weighted by Crippen LogP contribution is -2.41. The third-order valence-electron chi connectivity index (χ3n) is 6.60. The molecule has 2 atom stereocenters. The Labute approximate surface area is 203 Å². The summed E-state index contributed by atoms with van der Waals surface area (Å²) in [5.41, 5.74) is 6.96. The molecule has 1 N–H and O–H groups in total. The first-order chi connectivity index (χ1) is 15.9. The minimum Gasteiger partial charge on any atom is -0.378 e. The molecule has 0 aliphatic heterocycles. The van der Waals surface area contributed by atoms with Crippen LogP contribution in [-0.2, 0) is 4.74 Å². The Bertz CT molecular complexity index is 775. The number of unbranched alkanes of at least 4 members (excludes halogenated alkanes) is 2. The number of aryl methyl sites for hydroxylation is 2. The Kier molecular flexibility index (Phi) is 12.4. The fraction of sp³-hybridized carbons (Fsp3) is 0.654. The van der Waals surface area contributed by atoms with E-state index in [-0.39, 0.29) is 12.0 Å². The van der Waals surface area contributed by atoms with E-state index in [0.717, 1.165) is 57.1 Å². The number of nitrogens with zero attached hydrogens (tertiary/aromatic N) is 2. The second kappa shape index (κ2) is 15.0. The zero-order valence-corrected chi connectivity index (χ0v) is 21.5. The van der Waals surface area contributed by atoms with Crippen molar-refractivity contribution in [2.45, 2.75) is 97.1 Å². The summed E-state index contributed by atoms with van der Waals surface area (Å²) in [7, 11) is 0. The number of rotatable bonds is 11. The van der Waals surface area contributed by atoms with Gasteiger partial charge in [-0.15, -0.1) is 16.8 Å². The van der Waals surface area contributed by atoms with Crippen LogP contribution in [0.3, 0.4) is 0 Å². The van der Waals surface area contributed by atoms with Crippen molar-refractivity contribution in [3.8, 4) is 0 Å². The summed E-state index contributed by atoms with van der Waals surface area (Å²) < 4.78 is 6.14. The molecule has 3 rings (SSSR count). The quantitative estimate of drug-likeness (QED) is 0.218. The Hall–Kier alpha value is -1.99. The number of ether oxygens (including phenoxy) is 1. The maximum Gasteiger partial charge on any atom is 0.157 e. The molecule has 0 amide bonds. The van der Waals surface area contributed by atoms with Crippen LogP contribution in [0.5, 0.6) is 0 Å². The first kappa shape index (κ1) is 27.3. The average Bonchev–Trinajstić information content (AvgIpc) is 3.20. The summed E-state index contributed by atoms with van der Waals surface area (Å²) in [6.45, 7) is 8.90. The maximum absolute atomic E-state index is 10.9. The van der Waals surface area contributed by atoms with Gasteiger partial charge in [0.15, 0.2) is 5.03 Å². The van der Waals surface area contributed by atoms with Gasteiger partial charge < -0.3 is 4.74 Å². The van der Waals surface area contributed by atoms with E-state index >= 15 is 0 Å². The molecule has 184 valence electrons. The lowest BCUT2D eigenvalue weighted by atomic mass is 9.83. The lowest BCUT2D eigenvalue weighted by molar-refractivity contribution is -0.553. The van der Waals surface area contributed by atoms with Crippen LogP contribution in [-0.4, -0.2) is 28.8 Å². The monoisotopic (exact) mass is 475 g/mol. The molecular weight excluding hydrogens is 434 g/mol. The number of hydrogen-bond donors (Lipinski definition) is 1. The van der Waals surface area contributed by atoms with Crippen LogP contribution in [0.4, 0.5) is 0 Å². The van der Waals surface area contributed by atoms with Crippen LogP contribution in [0.2, 0.25) is 0 Å². The van der Waals surface area contributed by atoms with Crippen LogP contribution < -0.4 is 5.43 Å². The molecular formula is C26H41N3O3S. The van der Waals surface area contributed by atoms with Gasteiger partial charge in [-0.1, -0.05) is 63.4 Å². The summed E-state index contributed by atoms with van der Waals surface area (Å²) in [5, 5.41) is 10.5. The van der Waals surface area contributed by atoms with Crippen molar-refractivity contribution in [2.24, 2.45) is 5.92 Å². The molecule has 0 bridgehead atoms. The summed E-state index contributed by atoms with van der Waals surface area (Å²) in [6, 6.07) is 10.6. The molecule has 6 nitrogen and oxygen atoms in total. The number of nitro groups is 1. The highest BCUT2D eigenvalue weighted by atomic mass is 32.1. The standard InChI is InChI=1S/C21H34N2O3.C5H7NS/c1-3-4-6-11-21(22-23(24)25)17(2)16-26-20-14-12-19(13-15-20)18-9-7-5-8-10-18;1-4-5(2)7-3-6-4/h5,7-10,17,19-22H,3-4,6,11-16H2,1-2H3;3H,1-2H3. The zero-order valence-electron chi connectivity index (χ0n) is 20.7. The molecule has 33 heavy (non-hydrogen) atoms. The average molecular weight is 476 g/mol. The first-order valence-electron chi connectivity index (χ1n) is 12.3. The van der Waals surface area contributed by atoms with E-state index in [0.29, 0.717) is 18.6 Å². The van der Waals surface area contributed by atoms with Gasteiger partial charge >= 0.3 is 0 Å². The second-order valence-corrected chi connectivity index (χ2v) is 10.2. The third kappa shape index (κ3) is 10.2. The molecule has 0 saturated heterocycles. The van der Waals surface area contributed by atoms with Crippen molar-refractivity contribution in [2.75, 3.05) is 6.61 Å². The molecule has 1 heterocycles. The highest BCUT2D eigenvalue weighted by Gasteiger charge is 2.26. The maximum atomic E-state index is 10.9. The molecule has 1 fully saturated rings. The van der Waals surface area contributed by atoms with E-state index in [1.54, 1.807) is 11.3 Å². The fourth-order valence-electron chi connectivity index (χ4n) is 4.28. The molecule has 0 spiro atoms. The Balaban J connectivity index is 0.000000468. The largest absolute Gasteiger partial charge is 0.378 e. The minimum absolute atomic E-state index is 0.114. The SMILES string of the molecule is CCCCCC(N[N+](=O)[O-])C(C)COC1CCC(c2ccccc2)CC1.Cc1ncsc1C. The molecule has 2 aromatic rings. The lowest BCUT2D eigenvalue weighted by Gasteiger charge is -2.30. The highest BCUT2D eigenvalue weighted by molar-refractivity contribution is 7.09. The van der Waals surface area contributed by atoms with Crippen LogP contribution in [0.1, 0.15) is 87.3 Å². The van der Waals surface area contributed by atoms with Crippen molar-refractivity contribution in [3.63, 3.8) is 0 Å². The van der Waals surface area contributed by atoms with Gasteiger partial charge in [-0.05, 0) is 57.4 Å². The van der Waals surface area contributed by atoms with Gasteiger partial charge in [-0.2, -0.15) is 0 Å². The summed E-state index contributed by atoms with van der Waals surface area (Å²) in [4.78, 5) is 16.2. The van der Waals surface area contributed by atoms with Crippen molar-refractivity contribution in [1.29, 1.82) is 0 Å². The predicted molar refractivity (Wildman–Crippen MR) is 136 cm³/mol. The van der Waals surface area contributed by atoms with Crippen molar-refractivity contribution in [3.05, 3.63) is 62.1 Å². The Morgan fingerprint density at radius 2 is 1.88 bits per heavy atom. The fourth-order valence-corrected chi connectivity index (χ4v) is 4.87. The van der Waals surface area contributed by atoms with Crippen LogP contribution in [0.15, 0.2) is 35.8 Å². The minimum atomic E-state index is -0.405. The van der Waals surface area contributed by atoms with Gasteiger partial charge in [0.2, 0.25) is 0 Å². The molecule has 2 unspecified atom stereocenters. The summed E-state index contributed by atoms with van der Waals surface area (Å²) >= 11 is 1.69. The summed E-state index contributed by atoms with van der Waals surface area (Å²) in [5.74, 6) is 0.788. The van der Waals surface area contributed by atoms with E-state index in [1.165, 1.54) is 10.4 Å². The molecule has 1 aliphatic carbocycles. The normalized spacial score (nSPS) is 19.8. The second-order valence-electron chi connectivity index (χ2n) is 9.18. The van der Waals surface area contributed by atoms with Gasteiger partial charge in [0.25, 0.3) is 0 Å². The van der Waals surface area contributed by atoms with Gasteiger partial charge in [0.05, 0.1) is 30.0 Å². The van der Waals surface area contributed by atoms with Crippen molar-refractivity contribution >= 4 is 11.3 Å². The molecule has 1 aliphatic rings. The number of hydrogen-bond acceptors (Lipinski definition) is 5. The van der Waals surface area contributed by atoms with Gasteiger partial charge in [0, 0.05) is 10.8 Å². The van der Waals surface area contributed by atoms with Gasteiger partial charge in [-0.3, -0.25) is 0 Å². The summed E-state index contributed by atoms with van der Waals surface area (Å²) in [6.07, 6.45) is 8.88. The van der Waals surface area contributed by atoms with E-state index in [1.807, 2.05) is 12.4 Å². The van der Waals surface area contributed by atoms with Crippen LogP contribution in [0, 0.1) is 29.9 Å². The highest BCUT2D eigenvalue weighted by Crippen LogP contribution is 2.34. The number of benzene rings is 1. The zero-order chi connectivity index (χ0) is 24.1.